The summed E-state index contributed by atoms with van der Waals surface area (Å²) in [6.45, 7) is 16.4. The molecule has 1 unspecified atom stereocenters. The lowest BCUT2D eigenvalue weighted by molar-refractivity contribution is 0.0258. The van der Waals surface area contributed by atoms with E-state index in [1.807, 2.05) is 6.92 Å². The summed E-state index contributed by atoms with van der Waals surface area (Å²) in [5.41, 5.74) is 0.153. The van der Waals surface area contributed by atoms with Gasteiger partial charge in [-0.15, -0.1) is 24.0 Å². The Morgan fingerprint density at radius 2 is 1.68 bits per heavy atom. The van der Waals surface area contributed by atoms with Crippen LogP contribution < -0.4 is 16.0 Å². The second-order valence-corrected chi connectivity index (χ2v) is 6.63. The summed E-state index contributed by atoms with van der Waals surface area (Å²) in [7, 11) is 1.80. The smallest absolute Gasteiger partial charge is 0.191 e. The van der Waals surface area contributed by atoms with Crippen LogP contribution in [-0.2, 0) is 4.74 Å². The van der Waals surface area contributed by atoms with E-state index in [-0.39, 0.29) is 29.5 Å². The number of ether oxygens (including phenoxy) is 1. The van der Waals surface area contributed by atoms with Crippen molar-refractivity contribution >= 4 is 29.9 Å². The number of nitrogens with one attached hydrogen (secondary N) is 3. The Morgan fingerprint density at radius 1 is 1.09 bits per heavy atom. The largest absolute Gasteiger partial charge is 0.378 e. The highest BCUT2D eigenvalue weighted by Gasteiger charge is 2.13. The van der Waals surface area contributed by atoms with E-state index in [2.05, 4.69) is 55.6 Å². The third-order valence-corrected chi connectivity index (χ3v) is 3.14. The number of guanidine groups is 1. The molecular formula is C16H37IN4O. The van der Waals surface area contributed by atoms with Crippen molar-refractivity contribution in [3.63, 3.8) is 0 Å². The number of nitrogens with zero attached hydrogens (tertiary/aromatic N) is 1. The molecule has 0 amide bonds. The number of aliphatic imine (C=N–C) groups is 1. The highest BCUT2D eigenvalue weighted by Crippen LogP contribution is 2.09. The van der Waals surface area contributed by atoms with E-state index in [4.69, 9.17) is 4.74 Å². The molecule has 0 saturated carbocycles. The molecule has 6 heteroatoms. The van der Waals surface area contributed by atoms with Gasteiger partial charge in [0.2, 0.25) is 0 Å². The standard InChI is InChI=1S/C16H36N4O.HI/c1-8-21-14(13(2)3)9-10-18-15(17-7)19-11-12-20-16(4,5)6;/h13-14,20H,8-12H2,1-7H3,(H2,17,18,19);1H. The minimum Gasteiger partial charge on any atom is -0.378 e. The minimum absolute atomic E-state index is 0. The average molecular weight is 428 g/mol. The number of halogens is 1. The minimum atomic E-state index is 0. The molecule has 0 fully saturated rings. The molecule has 0 bridgehead atoms. The molecule has 0 aromatic carbocycles. The monoisotopic (exact) mass is 428 g/mol. The molecule has 0 heterocycles. The first-order chi connectivity index (χ1) is 9.80. The van der Waals surface area contributed by atoms with E-state index in [0.717, 1.165) is 38.6 Å². The second kappa shape index (κ2) is 13.4. The number of hydrogen-bond acceptors (Lipinski definition) is 3. The van der Waals surface area contributed by atoms with Crippen LogP contribution in [0.2, 0.25) is 0 Å². The van der Waals surface area contributed by atoms with Gasteiger partial charge < -0.3 is 20.7 Å². The van der Waals surface area contributed by atoms with Crippen LogP contribution in [0.1, 0.15) is 48.0 Å². The molecular weight excluding hydrogens is 391 g/mol. The molecule has 0 radical (unpaired) electrons. The van der Waals surface area contributed by atoms with Gasteiger partial charge in [0.25, 0.3) is 0 Å². The van der Waals surface area contributed by atoms with Crippen LogP contribution in [0.15, 0.2) is 4.99 Å². The Bertz CT molecular complexity index is 290. The molecule has 0 aliphatic carbocycles. The van der Waals surface area contributed by atoms with Gasteiger partial charge in [-0.25, -0.2) is 0 Å². The Kier molecular flexibility index (Phi) is 14.7. The fourth-order valence-corrected chi connectivity index (χ4v) is 2.00. The van der Waals surface area contributed by atoms with Gasteiger partial charge in [0.1, 0.15) is 0 Å². The summed E-state index contributed by atoms with van der Waals surface area (Å²) < 4.78 is 5.74. The van der Waals surface area contributed by atoms with Gasteiger partial charge in [-0.3, -0.25) is 4.99 Å². The summed E-state index contributed by atoms with van der Waals surface area (Å²) in [6, 6.07) is 0. The van der Waals surface area contributed by atoms with Crippen LogP contribution in [0.4, 0.5) is 0 Å². The van der Waals surface area contributed by atoms with E-state index in [1.54, 1.807) is 7.05 Å². The van der Waals surface area contributed by atoms with Crippen molar-refractivity contribution in [1.29, 1.82) is 0 Å². The van der Waals surface area contributed by atoms with E-state index in [9.17, 15) is 0 Å². The number of rotatable bonds is 9. The molecule has 134 valence electrons. The van der Waals surface area contributed by atoms with Gasteiger partial charge in [-0.2, -0.15) is 0 Å². The zero-order valence-corrected chi connectivity index (χ0v) is 17.8. The van der Waals surface area contributed by atoms with Crippen LogP contribution >= 0.6 is 24.0 Å². The van der Waals surface area contributed by atoms with Crippen molar-refractivity contribution in [2.45, 2.75) is 59.6 Å². The van der Waals surface area contributed by atoms with Crippen molar-refractivity contribution in [2.75, 3.05) is 33.3 Å². The SMILES string of the molecule is CCOC(CCNC(=NC)NCCNC(C)(C)C)C(C)C.I. The fourth-order valence-electron chi connectivity index (χ4n) is 2.00. The van der Waals surface area contributed by atoms with Crippen molar-refractivity contribution in [2.24, 2.45) is 10.9 Å². The van der Waals surface area contributed by atoms with Crippen LogP contribution in [0.5, 0.6) is 0 Å². The maximum absolute atomic E-state index is 5.74. The van der Waals surface area contributed by atoms with Crippen LogP contribution in [0.3, 0.4) is 0 Å². The summed E-state index contributed by atoms with van der Waals surface area (Å²) in [4.78, 5) is 4.24. The van der Waals surface area contributed by atoms with Crippen molar-refractivity contribution in [3.8, 4) is 0 Å². The summed E-state index contributed by atoms with van der Waals surface area (Å²) in [5.74, 6) is 1.39. The lowest BCUT2D eigenvalue weighted by atomic mass is 10.0. The Labute approximate surface area is 154 Å². The Morgan fingerprint density at radius 3 is 2.14 bits per heavy atom. The molecule has 0 spiro atoms. The van der Waals surface area contributed by atoms with Crippen molar-refractivity contribution in [1.82, 2.24) is 16.0 Å². The summed E-state index contributed by atoms with van der Waals surface area (Å²) >= 11 is 0. The topological polar surface area (TPSA) is 57.7 Å². The van der Waals surface area contributed by atoms with Crippen LogP contribution in [-0.4, -0.2) is 50.9 Å². The molecule has 0 aromatic heterocycles. The quantitative estimate of drug-likeness (QED) is 0.229. The lowest BCUT2D eigenvalue weighted by Crippen LogP contribution is -2.45. The molecule has 22 heavy (non-hydrogen) atoms. The van der Waals surface area contributed by atoms with Gasteiger partial charge in [-0.05, 0) is 40.0 Å². The highest BCUT2D eigenvalue weighted by molar-refractivity contribution is 14.0. The first-order valence-corrected chi connectivity index (χ1v) is 8.11. The first kappa shape index (κ1) is 24.2. The predicted molar refractivity (Wildman–Crippen MR) is 107 cm³/mol. The molecule has 5 nitrogen and oxygen atoms in total. The molecule has 1 atom stereocenters. The molecule has 0 saturated heterocycles. The Balaban J connectivity index is 0. The highest BCUT2D eigenvalue weighted by atomic mass is 127. The van der Waals surface area contributed by atoms with Gasteiger partial charge in [-0.1, -0.05) is 13.8 Å². The molecule has 0 aliphatic rings. The third kappa shape index (κ3) is 13.6. The predicted octanol–water partition coefficient (Wildman–Crippen LogP) is 2.61. The van der Waals surface area contributed by atoms with Crippen LogP contribution in [0.25, 0.3) is 0 Å². The van der Waals surface area contributed by atoms with Crippen molar-refractivity contribution in [3.05, 3.63) is 0 Å². The van der Waals surface area contributed by atoms with E-state index in [0.29, 0.717) is 12.0 Å². The van der Waals surface area contributed by atoms with Gasteiger partial charge in [0, 0.05) is 38.8 Å². The van der Waals surface area contributed by atoms with E-state index in [1.165, 1.54) is 0 Å². The molecule has 3 N–H and O–H groups in total. The molecule has 0 aromatic rings. The molecule has 0 aliphatic heterocycles. The summed E-state index contributed by atoms with van der Waals surface area (Å²) in [6.07, 6.45) is 1.30. The maximum atomic E-state index is 5.74. The number of hydrogen-bond donors (Lipinski definition) is 3. The second-order valence-electron chi connectivity index (χ2n) is 6.63. The zero-order valence-electron chi connectivity index (χ0n) is 15.5. The summed E-state index contributed by atoms with van der Waals surface area (Å²) in [5, 5.41) is 10.1. The third-order valence-electron chi connectivity index (χ3n) is 3.14. The Hall–Kier alpha value is -0.0800. The lowest BCUT2D eigenvalue weighted by Gasteiger charge is -2.22. The zero-order chi connectivity index (χ0) is 16.3. The van der Waals surface area contributed by atoms with Crippen LogP contribution in [0, 0.1) is 5.92 Å². The fraction of sp³-hybridized carbons (Fsp3) is 0.938. The van der Waals surface area contributed by atoms with E-state index >= 15 is 0 Å². The van der Waals surface area contributed by atoms with E-state index < -0.39 is 0 Å². The van der Waals surface area contributed by atoms with Crippen molar-refractivity contribution < 1.29 is 4.74 Å². The maximum Gasteiger partial charge on any atom is 0.191 e. The first-order valence-electron chi connectivity index (χ1n) is 8.11. The van der Waals surface area contributed by atoms with Gasteiger partial charge in [0.15, 0.2) is 5.96 Å². The normalized spacial score (nSPS) is 13.7. The van der Waals surface area contributed by atoms with Gasteiger partial charge >= 0.3 is 0 Å². The van der Waals surface area contributed by atoms with Gasteiger partial charge in [0.05, 0.1) is 6.10 Å². The average Bonchev–Trinajstić information content (AvgIpc) is 2.38. The molecule has 0 rings (SSSR count).